The minimum absolute atomic E-state index is 0.121. The third kappa shape index (κ3) is 8.10. The Hall–Kier alpha value is -4.84. The molecule has 13 heteroatoms. The van der Waals surface area contributed by atoms with Gasteiger partial charge in [-0.05, 0) is 51.1 Å². The number of carbonyl (C=O) groups excluding carboxylic acids is 2. The Labute approximate surface area is 249 Å². The summed E-state index contributed by atoms with van der Waals surface area (Å²) in [6.07, 6.45) is 1.53. The lowest BCUT2D eigenvalue weighted by molar-refractivity contribution is -0.116. The molecule has 0 radical (unpaired) electrons. The average Bonchev–Trinajstić information content (AvgIpc) is 2.93. The van der Waals surface area contributed by atoms with Gasteiger partial charge in [0.2, 0.25) is 17.8 Å². The van der Waals surface area contributed by atoms with Crippen LogP contribution in [-0.4, -0.2) is 63.6 Å². The molecule has 0 fully saturated rings. The summed E-state index contributed by atoms with van der Waals surface area (Å²) < 4.78 is 5.57. The van der Waals surface area contributed by atoms with Crippen molar-refractivity contribution in [1.82, 2.24) is 14.9 Å². The van der Waals surface area contributed by atoms with E-state index in [1.807, 2.05) is 0 Å². The summed E-state index contributed by atoms with van der Waals surface area (Å²) >= 11 is 6.36. The molecular formula is C29H34ClN7O5. The van der Waals surface area contributed by atoms with Gasteiger partial charge in [0.1, 0.15) is 10.8 Å². The zero-order valence-electron chi connectivity index (χ0n) is 24.1. The van der Waals surface area contributed by atoms with Gasteiger partial charge < -0.3 is 35.6 Å². The Morgan fingerprint density at radius 1 is 1.07 bits per heavy atom. The first kappa shape index (κ1) is 31.7. The second kappa shape index (κ2) is 13.7. The van der Waals surface area contributed by atoms with Crippen molar-refractivity contribution in [2.75, 3.05) is 41.0 Å². The molecule has 12 nitrogen and oxygen atoms in total. The summed E-state index contributed by atoms with van der Waals surface area (Å²) in [6.45, 7) is 10.5. The van der Waals surface area contributed by atoms with Crippen LogP contribution in [0.5, 0.6) is 5.75 Å². The number of carboxylic acid groups (broad SMARTS) is 1. The number of methoxy groups -OCH3 is 1. The number of anilines is 6. The maximum atomic E-state index is 12.5. The van der Waals surface area contributed by atoms with E-state index in [4.69, 9.17) is 16.3 Å². The van der Waals surface area contributed by atoms with Crippen molar-refractivity contribution in [2.45, 2.75) is 33.2 Å². The molecule has 0 saturated carbocycles. The Balaban J connectivity index is 1.84. The van der Waals surface area contributed by atoms with E-state index in [1.165, 1.54) is 36.1 Å². The van der Waals surface area contributed by atoms with E-state index in [0.29, 0.717) is 28.5 Å². The van der Waals surface area contributed by atoms with Gasteiger partial charge in [0.05, 0.1) is 30.4 Å². The van der Waals surface area contributed by atoms with E-state index in [1.54, 1.807) is 63.2 Å². The van der Waals surface area contributed by atoms with Gasteiger partial charge in [-0.25, -0.2) is 9.78 Å². The van der Waals surface area contributed by atoms with Gasteiger partial charge in [-0.15, -0.1) is 0 Å². The van der Waals surface area contributed by atoms with Gasteiger partial charge >= 0.3 is 6.09 Å². The van der Waals surface area contributed by atoms with Crippen LogP contribution in [0.2, 0.25) is 5.02 Å². The third-order valence-corrected chi connectivity index (χ3v) is 6.36. The van der Waals surface area contributed by atoms with Crippen LogP contribution in [0.15, 0.2) is 61.3 Å². The summed E-state index contributed by atoms with van der Waals surface area (Å²) in [5, 5.41) is 18.8. The summed E-state index contributed by atoms with van der Waals surface area (Å²) in [4.78, 5) is 47.6. The first-order valence-electron chi connectivity index (χ1n) is 12.9. The highest BCUT2D eigenvalue weighted by Gasteiger charge is 2.27. The molecule has 3 aromatic rings. The molecule has 1 aromatic heterocycles. The van der Waals surface area contributed by atoms with Gasteiger partial charge in [0.15, 0.2) is 5.82 Å². The first-order valence-corrected chi connectivity index (χ1v) is 13.3. The number of halogens is 1. The van der Waals surface area contributed by atoms with Crippen LogP contribution in [0, 0.1) is 0 Å². The van der Waals surface area contributed by atoms with E-state index >= 15 is 0 Å². The predicted molar refractivity (Wildman–Crippen MR) is 164 cm³/mol. The van der Waals surface area contributed by atoms with Crippen molar-refractivity contribution in [2.24, 2.45) is 0 Å². The largest absolute Gasteiger partial charge is 0.494 e. The molecule has 3 amide bonds. The monoisotopic (exact) mass is 595 g/mol. The molecule has 0 unspecified atom stereocenters. The van der Waals surface area contributed by atoms with Crippen molar-refractivity contribution >= 4 is 64.0 Å². The molecule has 222 valence electrons. The first-order chi connectivity index (χ1) is 19.8. The smallest absolute Gasteiger partial charge is 0.407 e. The Bertz CT molecular complexity index is 1470. The molecule has 0 spiro atoms. The number of nitrogens with zero attached hydrogens (tertiary/aromatic N) is 4. The van der Waals surface area contributed by atoms with Crippen molar-refractivity contribution in [3.8, 4) is 5.75 Å². The van der Waals surface area contributed by atoms with E-state index in [2.05, 4.69) is 32.5 Å². The molecule has 2 aromatic carbocycles. The van der Waals surface area contributed by atoms with Crippen LogP contribution < -0.4 is 25.6 Å². The standard InChI is InChI=1S/C29H34ClN7O5/c1-7-25(39)32-21-10-8-9-11-22(21)33-26-20(30)17-31-27(35-26)34-23-13-12-19(16-24(23)42-6)36(18(2)38)14-15-37(28(40)41)29(3,4)5/h7-13,16-17H,1,14-15H2,2-6H3,(H,32,39)(H,40,41)(H2,31,33,34,35). The van der Waals surface area contributed by atoms with Crippen molar-refractivity contribution < 1.29 is 24.2 Å². The zero-order chi connectivity index (χ0) is 31.0. The summed E-state index contributed by atoms with van der Waals surface area (Å²) in [6, 6.07) is 12.1. The van der Waals surface area contributed by atoms with Gasteiger partial charge in [-0.1, -0.05) is 30.3 Å². The van der Waals surface area contributed by atoms with Gasteiger partial charge in [0, 0.05) is 37.3 Å². The molecule has 1 heterocycles. The molecule has 3 rings (SSSR count). The van der Waals surface area contributed by atoms with Crippen LogP contribution in [0.4, 0.5) is 39.3 Å². The van der Waals surface area contributed by atoms with Crippen LogP contribution in [0.3, 0.4) is 0 Å². The minimum Gasteiger partial charge on any atom is -0.494 e. The van der Waals surface area contributed by atoms with Gasteiger partial charge in [-0.2, -0.15) is 4.98 Å². The van der Waals surface area contributed by atoms with Gasteiger partial charge in [0.25, 0.3) is 0 Å². The zero-order valence-corrected chi connectivity index (χ0v) is 24.8. The van der Waals surface area contributed by atoms with Crippen molar-refractivity contribution in [1.29, 1.82) is 0 Å². The van der Waals surface area contributed by atoms with E-state index < -0.39 is 11.6 Å². The number of ether oxygens (including phenoxy) is 1. The SMILES string of the molecule is C=CC(=O)Nc1ccccc1Nc1nc(Nc2ccc(N(CCN(C(=O)O)C(C)(C)C)C(C)=O)cc2OC)ncc1Cl. The number of aromatic nitrogens is 2. The molecule has 0 bridgehead atoms. The Kier molecular flexibility index (Phi) is 10.3. The van der Waals surface area contributed by atoms with Crippen LogP contribution >= 0.6 is 11.6 Å². The topological polar surface area (TPSA) is 149 Å². The maximum absolute atomic E-state index is 12.5. The Morgan fingerprint density at radius 3 is 2.36 bits per heavy atom. The van der Waals surface area contributed by atoms with E-state index in [-0.39, 0.29) is 41.7 Å². The van der Waals surface area contributed by atoms with E-state index in [9.17, 15) is 19.5 Å². The van der Waals surface area contributed by atoms with Crippen LogP contribution in [-0.2, 0) is 9.59 Å². The number of para-hydroxylation sites is 2. The van der Waals surface area contributed by atoms with Crippen LogP contribution in [0.1, 0.15) is 27.7 Å². The fraction of sp³-hybridized carbons (Fsp3) is 0.276. The second-order valence-corrected chi connectivity index (χ2v) is 10.4. The summed E-state index contributed by atoms with van der Waals surface area (Å²) in [5.41, 5.74) is 1.47. The fourth-order valence-corrected chi connectivity index (χ4v) is 4.12. The quantitative estimate of drug-likeness (QED) is 0.199. The molecule has 4 N–H and O–H groups in total. The fourth-order valence-electron chi connectivity index (χ4n) is 3.99. The second-order valence-electron chi connectivity index (χ2n) is 10.0. The molecule has 0 atom stereocenters. The van der Waals surface area contributed by atoms with Crippen molar-refractivity contribution in [3.63, 3.8) is 0 Å². The molecule has 0 aliphatic carbocycles. The molecule has 0 saturated heterocycles. The lowest BCUT2D eigenvalue weighted by atomic mass is 10.1. The number of hydrogen-bond acceptors (Lipinski definition) is 8. The average molecular weight is 596 g/mol. The van der Waals surface area contributed by atoms with Crippen LogP contribution in [0.25, 0.3) is 0 Å². The number of carbonyl (C=O) groups is 3. The minimum atomic E-state index is -1.06. The highest BCUT2D eigenvalue weighted by Crippen LogP contribution is 2.33. The normalized spacial score (nSPS) is 10.8. The number of hydrogen-bond donors (Lipinski definition) is 4. The van der Waals surface area contributed by atoms with Gasteiger partial charge in [-0.3, -0.25) is 9.59 Å². The number of amides is 3. The molecule has 42 heavy (non-hydrogen) atoms. The molecular weight excluding hydrogens is 562 g/mol. The van der Waals surface area contributed by atoms with Crippen molar-refractivity contribution in [3.05, 3.63) is 66.3 Å². The lowest BCUT2D eigenvalue weighted by Gasteiger charge is -2.35. The molecule has 0 aliphatic rings. The molecule has 0 aliphatic heterocycles. The lowest BCUT2D eigenvalue weighted by Crippen LogP contribution is -2.49. The third-order valence-electron chi connectivity index (χ3n) is 6.08. The maximum Gasteiger partial charge on any atom is 0.407 e. The highest BCUT2D eigenvalue weighted by atomic mass is 35.5. The number of benzene rings is 2. The predicted octanol–water partition coefficient (Wildman–Crippen LogP) is 5.88. The summed E-state index contributed by atoms with van der Waals surface area (Å²) in [5.74, 6) is 0.266. The number of nitrogens with one attached hydrogen (secondary N) is 3. The number of rotatable bonds is 11. The van der Waals surface area contributed by atoms with E-state index in [0.717, 1.165) is 0 Å². The summed E-state index contributed by atoms with van der Waals surface area (Å²) in [7, 11) is 1.48. The Morgan fingerprint density at radius 2 is 1.76 bits per heavy atom. The highest BCUT2D eigenvalue weighted by molar-refractivity contribution is 6.33.